The van der Waals surface area contributed by atoms with Gasteiger partial charge in [-0.15, -0.1) is 0 Å². The van der Waals surface area contributed by atoms with Crippen molar-refractivity contribution in [2.45, 2.75) is 61.9 Å². The third-order valence-electron chi connectivity index (χ3n) is 4.22. The van der Waals surface area contributed by atoms with Gasteiger partial charge in [-0.3, -0.25) is 0 Å². The minimum atomic E-state index is -0.403. The van der Waals surface area contributed by atoms with E-state index in [0.717, 1.165) is 5.75 Å². The standard InChI is InChI=1S/C16H23O2S.BrH/c1-11-14-15(18-16(3,4)17-14)12(2)19(11)10-13-8-6-5-7-9-13;/h5-9,11-12,14-15H,10H2,1-4H3;1H/q+1;/p-1/t11-,12-,14+,15+;/m0./s1. The maximum absolute atomic E-state index is 6.11. The summed E-state index contributed by atoms with van der Waals surface area (Å²) in [7, 11) is 0.340. The van der Waals surface area contributed by atoms with E-state index in [9.17, 15) is 0 Å². The fraction of sp³-hybridized carbons (Fsp3) is 0.625. The molecule has 1 aromatic carbocycles. The molecule has 0 radical (unpaired) electrons. The van der Waals surface area contributed by atoms with Gasteiger partial charge in [0.15, 0.2) is 5.79 Å². The highest BCUT2D eigenvalue weighted by Crippen LogP contribution is 2.43. The van der Waals surface area contributed by atoms with Crippen LogP contribution in [0.2, 0.25) is 0 Å². The molecule has 1 aromatic rings. The summed E-state index contributed by atoms with van der Waals surface area (Å²) in [6, 6.07) is 10.8. The van der Waals surface area contributed by atoms with Crippen LogP contribution < -0.4 is 17.0 Å². The highest BCUT2D eigenvalue weighted by atomic mass is 79.9. The van der Waals surface area contributed by atoms with Gasteiger partial charge in [-0.05, 0) is 27.7 Å². The molecule has 2 aliphatic rings. The number of benzene rings is 1. The minimum Gasteiger partial charge on any atom is -1.00 e. The Labute approximate surface area is 135 Å². The minimum absolute atomic E-state index is 0. The lowest BCUT2D eigenvalue weighted by Gasteiger charge is -2.22. The van der Waals surface area contributed by atoms with Gasteiger partial charge in [-0.25, -0.2) is 0 Å². The van der Waals surface area contributed by atoms with E-state index in [0.29, 0.717) is 21.4 Å². The summed E-state index contributed by atoms with van der Waals surface area (Å²) in [5, 5.41) is 1.17. The molecular formula is C16H23BrO2S. The quantitative estimate of drug-likeness (QED) is 0.699. The molecule has 3 rings (SSSR count). The molecule has 112 valence electrons. The van der Waals surface area contributed by atoms with Crippen LogP contribution in [-0.4, -0.2) is 28.5 Å². The first-order valence-electron chi connectivity index (χ1n) is 7.06. The topological polar surface area (TPSA) is 18.5 Å². The Morgan fingerprint density at radius 3 is 2.00 bits per heavy atom. The Hall–Kier alpha value is -0.0300. The highest BCUT2D eigenvalue weighted by Gasteiger charge is 2.61. The molecule has 0 unspecified atom stereocenters. The Kier molecular flexibility index (Phi) is 4.90. The number of hydrogen-bond acceptors (Lipinski definition) is 2. The van der Waals surface area contributed by atoms with Crippen LogP contribution >= 0.6 is 0 Å². The molecule has 2 aliphatic heterocycles. The van der Waals surface area contributed by atoms with Crippen molar-refractivity contribution in [3.8, 4) is 0 Å². The summed E-state index contributed by atoms with van der Waals surface area (Å²) in [6.07, 6.45) is 0.550. The second-order valence-corrected chi connectivity index (χ2v) is 8.79. The molecule has 0 aliphatic carbocycles. The Bertz CT molecular complexity index is 431. The summed E-state index contributed by atoms with van der Waals surface area (Å²) in [4.78, 5) is 0. The molecule has 4 atom stereocenters. The number of fused-ring (bicyclic) bond motifs is 1. The molecule has 0 bridgehead atoms. The fourth-order valence-corrected chi connectivity index (χ4v) is 6.15. The van der Waals surface area contributed by atoms with Crippen LogP contribution in [0.15, 0.2) is 30.3 Å². The van der Waals surface area contributed by atoms with Gasteiger partial charge in [0.25, 0.3) is 0 Å². The summed E-state index contributed by atoms with van der Waals surface area (Å²) in [5.41, 5.74) is 1.43. The molecule has 2 heterocycles. The van der Waals surface area contributed by atoms with Crippen molar-refractivity contribution in [2.24, 2.45) is 0 Å². The van der Waals surface area contributed by atoms with E-state index in [1.165, 1.54) is 5.56 Å². The molecule has 2 fully saturated rings. The third kappa shape index (κ3) is 2.94. The second-order valence-electron chi connectivity index (χ2n) is 6.07. The van der Waals surface area contributed by atoms with Crippen molar-refractivity contribution >= 4 is 10.9 Å². The predicted octanol–water partition coefficient (Wildman–Crippen LogP) is 0.120. The van der Waals surface area contributed by atoms with Crippen LogP contribution in [-0.2, 0) is 26.1 Å². The van der Waals surface area contributed by atoms with Gasteiger partial charge >= 0.3 is 0 Å². The molecule has 20 heavy (non-hydrogen) atoms. The molecule has 0 aromatic heterocycles. The van der Waals surface area contributed by atoms with E-state index in [4.69, 9.17) is 9.47 Å². The lowest BCUT2D eigenvalue weighted by Crippen LogP contribution is -3.00. The number of rotatable bonds is 2. The zero-order valence-electron chi connectivity index (χ0n) is 12.5. The van der Waals surface area contributed by atoms with Gasteiger partial charge in [0.2, 0.25) is 0 Å². The normalized spacial score (nSPS) is 38.3. The Morgan fingerprint density at radius 2 is 1.50 bits per heavy atom. The van der Waals surface area contributed by atoms with Crippen LogP contribution in [0.3, 0.4) is 0 Å². The van der Waals surface area contributed by atoms with Crippen molar-refractivity contribution in [1.82, 2.24) is 0 Å². The average Bonchev–Trinajstić information content (AvgIpc) is 2.80. The summed E-state index contributed by atoms with van der Waals surface area (Å²) in [5.74, 6) is 0.753. The van der Waals surface area contributed by atoms with Gasteiger partial charge in [-0.2, -0.15) is 0 Å². The van der Waals surface area contributed by atoms with Crippen molar-refractivity contribution in [3.05, 3.63) is 35.9 Å². The second kappa shape index (κ2) is 5.99. The van der Waals surface area contributed by atoms with Crippen LogP contribution in [0.1, 0.15) is 33.3 Å². The SMILES string of the molecule is C[C@H]1[C@H]2OC(C)(C)O[C@@H]2[C@H](C)[S+]1Cc1ccccc1.[Br-]. The average molecular weight is 359 g/mol. The van der Waals surface area contributed by atoms with Crippen LogP contribution in [0.4, 0.5) is 0 Å². The summed E-state index contributed by atoms with van der Waals surface area (Å²) in [6.45, 7) is 8.72. The number of hydrogen-bond donors (Lipinski definition) is 0. The molecule has 0 N–H and O–H groups in total. The highest BCUT2D eigenvalue weighted by molar-refractivity contribution is 7.97. The van der Waals surface area contributed by atoms with Gasteiger partial charge < -0.3 is 26.5 Å². The van der Waals surface area contributed by atoms with Crippen LogP contribution in [0.5, 0.6) is 0 Å². The van der Waals surface area contributed by atoms with E-state index in [1.54, 1.807) is 0 Å². The van der Waals surface area contributed by atoms with Gasteiger partial charge in [0.1, 0.15) is 28.5 Å². The lowest BCUT2D eigenvalue weighted by atomic mass is 10.1. The lowest BCUT2D eigenvalue weighted by molar-refractivity contribution is -0.147. The zero-order chi connectivity index (χ0) is 13.6. The van der Waals surface area contributed by atoms with Crippen molar-refractivity contribution in [1.29, 1.82) is 0 Å². The van der Waals surface area contributed by atoms with E-state index in [2.05, 4.69) is 44.2 Å². The first-order chi connectivity index (χ1) is 8.98. The molecule has 0 saturated carbocycles. The van der Waals surface area contributed by atoms with Gasteiger partial charge in [-0.1, -0.05) is 30.3 Å². The van der Waals surface area contributed by atoms with E-state index >= 15 is 0 Å². The van der Waals surface area contributed by atoms with E-state index in [1.807, 2.05) is 13.8 Å². The van der Waals surface area contributed by atoms with Crippen molar-refractivity contribution in [3.63, 3.8) is 0 Å². The number of halogens is 1. The first kappa shape index (κ1) is 16.3. The molecule has 2 saturated heterocycles. The maximum Gasteiger partial charge on any atom is 0.164 e. The van der Waals surface area contributed by atoms with E-state index < -0.39 is 5.79 Å². The monoisotopic (exact) mass is 358 g/mol. The van der Waals surface area contributed by atoms with E-state index in [-0.39, 0.29) is 29.2 Å². The smallest absolute Gasteiger partial charge is 0.164 e. The van der Waals surface area contributed by atoms with Crippen molar-refractivity contribution < 1.29 is 26.5 Å². The third-order valence-corrected chi connectivity index (χ3v) is 7.33. The van der Waals surface area contributed by atoms with Gasteiger partial charge in [0, 0.05) is 16.5 Å². The first-order valence-corrected chi connectivity index (χ1v) is 8.58. The maximum atomic E-state index is 6.11. The predicted molar refractivity (Wildman–Crippen MR) is 80.3 cm³/mol. The zero-order valence-corrected chi connectivity index (χ0v) is 14.9. The van der Waals surface area contributed by atoms with Crippen molar-refractivity contribution in [2.75, 3.05) is 0 Å². The molecule has 0 spiro atoms. The summed E-state index contributed by atoms with van der Waals surface area (Å²) < 4.78 is 12.2. The largest absolute Gasteiger partial charge is 1.00 e. The van der Waals surface area contributed by atoms with Crippen LogP contribution in [0, 0.1) is 0 Å². The number of ether oxygens (including phenoxy) is 2. The molecular weight excluding hydrogens is 336 g/mol. The van der Waals surface area contributed by atoms with Gasteiger partial charge in [0.05, 0.1) is 0 Å². The Morgan fingerprint density at radius 1 is 1.00 bits per heavy atom. The Balaban J connectivity index is 0.00000147. The molecule has 2 nitrogen and oxygen atoms in total. The fourth-order valence-electron chi connectivity index (χ4n) is 3.26. The molecule has 0 amide bonds. The summed E-state index contributed by atoms with van der Waals surface area (Å²) >= 11 is 0. The van der Waals surface area contributed by atoms with Crippen LogP contribution in [0.25, 0.3) is 0 Å². The molecule has 4 heteroatoms.